The number of carbonyl (C=O) groups excluding carboxylic acids is 1. The molecule has 2 rings (SSSR count). The minimum atomic E-state index is -0.279. The van der Waals surface area contributed by atoms with E-state index in [9.17, 15) is 4.79 Å². The Balaban J connectivity index is 0.00000200. The second kappa shape index (κ2) is 9.53. The van der Waals surface area contributed by atoms with E-state index in [0.29, 0.717) is 6.61 Å². The minimum absolute atomic E-state index is 0. The second-order valence-electron chi connectivity index (χ2n) is 4.50. The molecule has 1 aliphatic heterocycles. The van der Waals surface area contributed by atoms with Gasteiger partial charge in [0.25, 0.3) is 0 Å². The number of carbonyl (C=O) groups is 1. The van der Waals surface area contributed by atoms with Crippen LogP contribution in [0.2, 0.25) is 0 Å². The fraction of sp³-hybridized carbons (Fsp3) is 0.400. The van der Waals surface area contributed by atoms with Gasteiger partial charge in [-0.15, -0.1) is 12.4 Å². The molecule has 0 radical (unpaired) electrons. The van der Waals surface area contributed by atoms with E-state index in [2.05, 4.69) is 10.2 Å². The van der Waals surface area contributed by atoms with E-state index in [0.717, 1.165) is 38.3 Å². The number of hydrogen-bond donors (Lipinski definition) is 1. The summed E-state index contributed by atoms with van der Waals surface area (Å²) in [4.78, 5) is 13.8. The van der Waals surface area contributed by atoms with Crippen LogP contribution in [0.25, 0.3) is 6.08 Å². The summed E-state index contributed by atoms with van der Waals surface area (Å²) in [7, 11) is 0. The lowest BCUT2D eigenvalue weighted by molar-refractivity contribution is -0.138. The predicted octanol–water partition coefficient (Wildman–Crippen LogP) is 1.57. The van der Waals surface area contributed by atoms with Gasteiger partial charge in [-0.1, -0.05) is 30.3 Å². The summed E-state index contributed by atoms with van der Waals surface area (Å²) in [6.45, 7) is 5.35. The monoisotopic (exact) mass is 296 g/mol. The third kappa shape index (κ3) is 6.19. The molecule has 1 N–H and O–H groups in total. The molecule has 0 saturated carbocycles. The van der Waals surface area contributed by atoms with Crippen molar-refractivity contribution in [3.05, 3.63) is 42.0 Å². The third-order valence-electron chi connectivity index (χ3n) is 3.07. The van der Waals surface area contributed by atoms with Crippen LogP contribution >= 0.6 is 12.4 Å². The van der Waals surface area contributed by atoms with Gasteiger partial charge < -0.3 is 10.1 Å². The lowest BCUT2D eigenvalue weighted by Crippen LogP contribution is -2.44. The van der Waals surface area contributed by atoms with Gasteiger partial charge in [-0.25, -0.2) is 4.79 Å². The average molecular weight is 297 g/mol. The van der Waals surface area contributed by atoms with Crippen molar-refractivity contribution in [2.24, 2.45) is 0 Å². The Kier molecular flexibility index (Phi) is 7.95. The Morgan fingerprint density at radius 1 is 1.25 bits per heavy atom. The van der Waals surface area contributed by atoms with E-state index >= 15 is 0 Å². The zero-order chi connectivity index (χ0) is 13.3. The molecule has 1 aromatic carbocycles. The number of nitrogens with one attached hydrogen (secondary N) is 1. The SMILES string of the molecule is Cl.O=C(C=Cc1ccccc1)OCCN1CCNCC1. The van der Waals surface area contributed by atoms with Crippen molar-refractivity contribution in [1.82, 2.24) is 10.2 Å². The molecule has 1 saturated heterocycles. The van der Waals surface area contributed by atoms with Gasteiger partial charge in [0.1, 0.15) is 6.61 Å². The van der Waals surface area contributed by atoms with Gasteiger partial charge in [-0.2, -0.15) is 0 Å². The van der Waals surface area contributed by atoms with Crippen LogP contribution < -0.4 is 5.32 Å². The maximum absolute atomic E-state index is 11.5. The summed E-state index contributed by atoms with van der Waals surface area (Å²) in [5, 5.41) is 3.29. The molecule has 0 aromatic heterocycles. The summed E-state index contributed by atoms with van der Waals surface area (Å²) >= 11 is 0. The van der Waals surface area contributed by atoms with Crippen LogP contribution in [0.1, 0.15) is 5.56 Å². The van der Waals surface area contributed by atoms with Gasteiger partial charge in [0.2, 0.25) is 0 Å². The van der Waals surface area contributed by atoms with E-state index < -0.39 is 0 Å². The molecule has 1 aliphatic rings. The first kappa shape index (κ1) is 16.7. The van der Waals surface area contributed by atoms with E-state index in [4.69, 9.17) is 4.74 Å². The van der Waals surface area contributed by atoms with E-state index in [1.807, 2.05) is 30.3 Å². The number of hydrogen-bond acceptors (Lipinski definition) is 4. The van der Waals surface area contributed by atoms with Gasteiger partial charge in [0.15, 0.2) is 0 Å². The zero-order valence-electron chi connectivity index (χ0n) is 11.5. The summed E-state index contributed by atoms with van der Waals surface area (Å²) in [5.74, 6) is -0.279. The van der Waals surface area contributed by atoms with E-state index in [-0.39, 0.29) is 18.4 Å². The normalized spacial score (nSPS) is 15.8. The van der Waals surface area contributed by atoms with Crippen LogP contribution in [0.3, 0.4) is 0 Å². The number of piperazine rings is 1. The first-order chi connectivity index (χ1) is 9.34. The summed E-state index contributed by atoms with van der Waals surface area (Å²) in [5.41, 5.74) is 1.00. The molecule has 20 heavy (non-hydrogen) atoms. The van der Waals surface area contributed by atoms with Gasteiger partial charge in [-0.3, -0.25) is 4.90 Å². The number of halogens is 1. The number of rotatable bonds is 5. The molecular formula is C15H21ClN2O2. The highest BCUT2D eigenvalue weighted by atomic mass is 35.5. The van der Waals surface area contributed by atoms with Crippen molar-refractivity contribution < 1.29 is 9.53 Å². The Morgan fingerprint density at radius 3 is 2.65 bits per heavy atom. The fourth-order valence-corrected chi connectivity index (χ4v) is 1.99. The summed E-state index contributed by atoms with van der Waals surface area (Å²) in [6, 6.07) is 9.73. The van der Waals surface area contributed by atoms with Crippen molar-refractivity contribution in [1.29, 1.82) is 0 Å². The van der Waals surface area contributed by atoms with Crippen LogP contribution in [0.15, 0.2) is 36.4 Å². The van der Waals surface area contributed by atoms with Gasteiger partial charge in [0.05, 0.1) is 0 Å². The van der Waals surface area contributed by atoms with Crippen LogP contribution in [-0.4, -0.2) is 50.2 Å². The zero-order valence-corrected chi connectivity index (χ0v) is 12.3. The van der Waals surface area contributed by atoms with Gasteiger partial charge in [0, 0.05) is 38.8 Å². The first-order valence-electron chi connectivity index (χ1n) is 6.67. The molecule has 5 heteroatoms. The molecule has 4 nitrogen and oxygen atoms in total. The summed E-state index contributed by atoms with van der Waals surface area (Å²) < 4.78 is 5.18. The summed E-state index contributed by atoms with van der Waals surface area (Å²) in [6.07, 6.45) is 3.25. The van der Waals surface area contributed by atoms with Crippen LogP contribution in [0.4, 0.5) is 0 Å². The average Bonchev–Trinajstić information content (AvgIpc) is 2.47. The maximum atomic E-state index is 11.5. The third-order valence-corrected chi connectivity index (χ3v) is 3.07. The highest BCUT2D eigenvalue weighted by Gasteiger charge is 2.09. The van der Waals surface area contributed by atoms with E-state index in [1.54, 1.807) is 6.08 Å². The topological polar surface area (TPSA) is 41.6 Å². The molecule has 0 aliphatic carbocycles. The first-order valence-corrected chi connectivity index (χ1v) is 6.67. The molecule has 0 bridgehead atoms. The quantitative estimate of drug-likeness (QED) is 0.661. The Hall–Kier alpha value is -1.36. The van der Waals surface area contributed by atoms with E-state index in [1.165, 1.54) is 6.08 Å². The molecule has 110 valence electrons. The van der Waals surface area contributed by atoms with Gasteiger partial charge >= 0.3 is 5.97 Å². The molecule has 0 amide bonds. The molecule has 1 aromatic rings. The number of ether oxygens (including phenoxy) is 1. The van der Waals surface area contributed by atoms with Crippen LogP contribution in [0, 0.1) is 0 Å². The molecule has 0 spiro atoms. The Labute approximate surface area is 126 Å². The number of nitrogens with zero attached hydrogens (tertiary/aromatic N) is 1. The van der Waals surface area contributed by atoms with Crippen molar-refractivity contribution in [3.63, 3.8) is 0 Å². The Bertz CT molecular complexity index is 417. The van der Waals surface area contributed by atoms with Crippen LogP contribution in [-0.2, 0) is 9.53 Å². The van der Waals surface area contributed by atoms with Gasteiger partial charge in [-0.05, 0) is 11.6 Å². The highest BCUT2D eigenvalue weighted by Crippen LogP contribution is 2.01. The van der Waals surface area contributed by atoms with Crippen molar-refractivity contribution in [3.8, 4) is 0 Å². The Morgan fingerprint density at radius 2 is 1.95 bits per heavy atom. The lowest BCUT2D eigenvalue weighted by atomic mass is 10.2. The number of esters is 1. The molecular weight excluding hydrogens is 276 g/mol. The molecule has 1 heterocycles. The van der Waals surface area contributed by atoms with Crippen molar-refractivity contribution in [2.45, 2.75) is 0 Å². The molecule has 1 fully saturated rings. The van der Waals surface area contributed by atoms with Crippen molar-refractivity contribution in [2.75, 3.05) is 39.3 Å². The largest absolute Gasteiger partial charge is 0.461 e. The number of benzene rings is 1. The highest BCUT2D eigenvalue weighted by molar-refractivity contribution is 5.87. The standard InChI is InChI=1S/C15H20N2O2.ClH/c18-15(7-6-14-4-2-1-3-5-14)19-13-12-17-10-8-16-9-11-17;/h1-7,16H,8-13H2;1H. The molecule has 0 atom stereocenters. The second-order valence-corrected chi connectivity index (χ2v) is 4.50. The van der Waals surface area contributed by atoms with Crippen LogP contribution in [0.5, 0.6) is 0 Å². The predicted molar refractivity (Wildman–Crippen MR) is 83.0 cm³/mol. The fourth-order valence-electron chi connectivity index (χ4n) is 1.99. The smallest absolute Gasteiger partial charge is 0.330 e. The minimum Gasteiger partial charge on any atom is -0.461 e. The molecule has 0 unspecified atom stereocenters. The maximum Gasteiger partial charge on any atom is 0.330 e. The van der Waals surface area contributed by atoms with Crippen molar-refractivity contribution >= 4 is 24.5 Å². The lowest BCUT2D eigenvalue weighted by Gasteiger charge is -2.26.